The number of hydrogen-bond donors (Lipinski definition) is 2. The molecule has 1 amide bonds. The molecule has 0 heterocycles. The van der Waals surface area contributed by atoms with Crippen LogP contribution in [0.25, 0.3) is 0 Å². The van der Waals surface area contributed by atoms with E-state index in [0.29, 0.717) is 5.75 Å². The summed E-state index contributed by atoms with van der Waals surface area (Å²) in [5.74, 6) is 1.26. The van der Waals surface area contributed by atoms with Crippen molar-refractivity contribution in [3.05, 3.63) is 29.3 Å². The highest BCUT2D eigenvalue weighted by molar-refractivity contribution is 5.88. The molecule has 5 heteroatoms. The molecule has 1 rings (SSSR count). The molecule has 0 spiro atoms. The molecule has 0 aliphatic heterocycles. The molecule has 1 unspecified atom stereocenters. The number of carboxylic acid groups (broad SMARTS) is 1. The van der Waals surface area contributed by atoms with Crippen LogP contribution in [0.1, 0.15) is 22.8 Å². The van der Waals surface area contributed by atoms with Crippen LogP contribution in [0.3, 0.4) is 0 Å². The van der Waals surface area contributed by atoms with Gasteiger partial charge in [0.05, 0.1) is 12.1 Å². The van der Waals surface area contributed by atoms with Crippen LogP contribution in [0.5, 0.6) is 5.75 Å². The molecule has 0 bridgehead atoms. The molecule has 5 nitrogen and oxygen atoms in total. The van der Waals surface area contributed by atoms with E-state index in [1.807, 2.05) is 0 Å². The van der Waals surface area contributed by atoms with Crippen LogP contribution < -0.4 is 10.1 Å². The van der Waals surface area contributed by atoms with Gasteiger partial charge < -0.3 is 15.2 Å². The molecule has 0 radical (unpaired) electrons. The Kier molecular flexibility index (Phi) is 4.95. The van der Waals surface area contributed by atoms with E-state index in [4.69, 9.17) is 16.3 Å². The number of carbonyl (C=O) groups excluding carboxylic acids is 1. The van der Waals surface area contributed by atoms with E-state index >= 15 is 0 Å². The van der Waals surface area contributed by atoms with Gasteiger partial charge in [0.2, 0.25) is 0 Å². The second-order valence-corrected chi connectivity index (χ2v) is 3.97. The van der Waals surface area contributed by atoms with Crippen molar-refractivity contribution in [2.75, 3.05) is 6.54 Å². The molecule has 1 aromatic carbocycles. The van der Waals surface area contributed by atoms with Gasteiger partial charge in [-0.2, -0.15) is 0 Å². The normalized spacial score (nSPS) is 11.2. The van der Waals surface area contributed by atoms with Crippen LogP contribution in [-0.4, -0.2) is 29.6 Å². The number of rotatable bonds is 5. The molecule has 2 N–H and O–H groups in total. The average Bonchev–Trinajstić information content (AvgIpc) is 2.38. The molecule has 19 heavy (non-hydrogen) atoms. The summed E-state index contributed by atoms with van der Waals surface area (Å²) in [7, 11) is 0. The van der Waals surface area contributed by atoms with Gasteiger partial charge >= 0.3 is 5.97 Å². The Labute approximate surface area is 111 Å². The lowest BCUT2D eigenvalue weighted by molar-refractivity contribution is -0.127. The minimum atomic E-state index is -1.05. The van der Waals surface area contributed by atoms with Crippen LogP contribution in [0.15, 0.2) is 18.2 Å². The average molecular weight is 261 g/mol. The lowest BCUT2D eigenvalue weighted by atomic mass is 10.1. The van der Waals surface area contributed by atoms with Gasteiger partial charge in [0.25, 0.3) is 5.91 Å². The molecule has 100 valence electrons. The van der Waals surface area contributed by atoms with Crippen LogP contribution in [0, 0.1) is 19.3 Å². The summed E-state index contributed by atoms with van der Waals surface area (Å²) in [5, 5.41) is 11.4. The molecule has 0 fully saturated rings. The monoisotopic (exact) mass is 261 g/mol. The van der Waals surface area contributed by atoms with Gasteiger partial charge in [-0.1, -0.05) is 12.0 Å². The fourth-order valence-electron chi connectivity index (χ4n) is 1.39. The first kappa shape index (κ1) is 14.6. The first-order valence-corrected chi connectivity index (χ1v) is 5.67. The van der Waals surface area contributed by atoms with E-state index in [-0.39, 0.29) is 18.0 Å². The lowest BCUT2D eigenvalue weighted by Crippen LogP contribution is -2.36. The molecular formula is C14H15NO4. The quantitative estimate of drug-likeness (QED) is 0.781. The van der Waals surface area contributed by atoms with Gasteiger partial charge in [-0.15, -0.1) is 6.42 Å². The van der Waals surface area contributed by atoms with E-state index in [1.165, 1.54) is 12.1 Å². The van der Waals surface area contributed by atoms with E-state index in [0.717, 1.165) is 5.56 Å². The maximum Gasteiger partial charge on any atom is 0.335 e. The molecule has 0 aliphatic rings. The lowest BCUT2D eigenvalue weighted by Gasteiger charge is -2.16. The predicted octanol–water partition coefficient (Wildman–Crippen LogP) is 1.21. The Morgan fingerprint density at radius 1 is 1.53 bits per heavy atom. The second kappa shape index (κ2) is 6.45. The van der Waals surface area contributed by atoms with Gasteiger partial charge in [0.1, 0.15) is 5.75 Å². The molecule has 0 aliphatic carbocycles. The zero-order chi connectivity index (χ0) is 14.4. The summed E-state index contributed by atoms with van der Waals surface area (Å²) in [6.07, 6.45) is 4.28. The molecule has 0 saturated carbocycles. The SMILES string of the molecule is C#CCNC(=O)C(C)Oc1cc(C(=O)O)ccc1C. The van der Waals surface area contributed by atoms with Gasteiger partial charge in [-0.25, -0.2) is 4.79 Å². The molecule has 0 saturated heterocycles. The van der Waals surface area contributed by atoms with Crippen molar-refractivity contribution in [2.24, 2.45) is 0 Å². The smallest absolute Gasteiger partial charge is 0.335 e. The Bertz CT molecular complexity index is 531. The second-order valence-electron chi connectivity index (χ2n) is 3.97. The van der Waals surface area contributed by atoms with E-state index in [9.17, 15) is 9.59 Å². The Morgan fingerprint density at radius 2 is 2.21 bits per heavy atom. The predicted molar refractivity (Wildman–Crippen MR) is 70.1 cm³/mol. The summed E-state index contributed by atoms with van der Waals surface area (Å²) in [6, 6.07) is 4.50. The van der Waals surface area contributed by atoms with Gasteiger partial charge in [-0.05, 0) is 31.5 Å². The number of amides is 1. The van der Waals surface area contributed by atoms with Crippen LogP contribution >= 0.6 is 0 Å². The number of nitrogens with one attached hydrogen (secondary N) is 1. The number of benzene rings is 1. The highest BCUT2D eigenvalue weighted by Crippen LogP contribution is 2.21. The maximum atomic E-state index is 11.6. The minimum Gasteiger partial charge on any atom is -0.481 e. The van der Waals surface area contributed by atoms with E-state index < -0.39 is 12.1 Å². The van der Waals surface area contributed by atoms with Crippen molar-refractivity contribution >= 4 is 11.9 Å². The molecular weight excluding hydrogens is 246 g/mol. The van der Waals surface area contributed by atoms with Crippen LogP contribution in [0.2, 0.25) is 0 Å². The van der Waals surface area contributed by atoms with Crippen molar-refractivity contribution in [1.29, 1.82) is 0 Å². The highest BCUT2D eigenvalue weighted by atomic mass is 16.5. The van der Waals surface area contributed by atoms with Crippen molar-refractivity contribution in [2.45, 2.75) is 20.0 Å². The number of terminal acetylenes is 1. The summed E-state index contributed by atoms with van der Waals surface area (Å²) >= 11 is 0. The third kappa shape index (κ3) is 4.03. The number of hydrogen-bond acceptors (Lipinski definition) is 3. The van der Waals surface area contributed by atoms with Crippen molar-refractivity contribution in [3.63, 3.8) is 0 Å². The fourth-order valence-corrected chi connectivity index (χ4v) is 1.39. The number of aryl methyl sites for hydroxylation is 1. The van der Waals surface area contributed by atoms with Crippen LogP contribution in [0.4, 0.5) is 0 Å². The number of carbonyl (C=O) groups is 2. The van der Waals surface area contributed by atoms with Crippen molar-refractivity contribution in [1.82, 2.24) is 5.32 Å². The maximum absolute atomic E-state index is 11.6. The van der Waals surface area contributed by atoms with Gasteiger partial charge in [0.15, 0.2) is 6.10 Å². The molecule has 1 aromatic rings. The first-order valence-electron chi connectivity index (χ1n) is 5.67. The van der Waals surface area contributed by atoms with Crippen molar-refractivity contribution in [3.8, 4) is 18.1 Å². The van der Waals surface area contributed by atoms with E-state index in [1.54, 1.807) is 19.9 Å². The first-order chi connectivity index (χ1) is 8.95. The van der Waals surface area contributed by atoms with E-state index in [2.05, 4.69) is 11.2 Å². The fraction of sp³-hybridized carbons (Fsp3) is 0.286. The summed E-state index contributed by atoms with van der Waals surface area (Å²) in [4.78, 5) is 22.5. The largest absolute Gasteiger partial charge is 0.481 e. The number of aromatic carboxylic acids is 1. The standard InChI is InChI=1S/C14H15NO4/c1-4-7-15-13(16)10(3)19-12-8-11(14(17)18)6-5-9(12)2/h1,5-6,8,10H,7H2,2-3H3,(H,15,16)(H,17,18). The number of ether oxygens (including phenoxy) is 1. The minimum absolute atomic E-state index is 0.108. The third-order valence-corrected chi connectivity index (χ3v) is 2.47. The highest BCUT2D eigenvalue weighted by Gasteiger charge is 2.16. The summed E-state index contributed by atoms with van der Waals surface area (Å²) in [5.41, 5.74) is 0.860. The molecule has 0 aromatic heterocycles. The zero-order valence-electron chi connectivity index (χ0n) is 10.8. The van der Waals surface area contributed by atoms with Gasteiger partial charge in [-0.3, -0.25) is 4.79 Å². The Morgan fingerprint density at radius 3 is 2.79 bits per heavy atom. The van der Waals surface area contributed by atoms with Gasteiger partial charge in [0, 0.05) is 0 Å². The number of carboxylic acids is 1. The third-order valence-electron chi connectivity index (χ3n) is 2.47. The topological polar surface area (TPSA) is 75.6 Å². The molecule has 1 atom stereocenters. The van der Waals surface area contributed by atoms with Crippen LogP contribution in [-0.2, 0) is 4.79 Å². The Hall–Kier alpha value is -2.48. The van der Waals surface area contributed by atoms with Crippen molar-refractivity contribution < 1.29 is 19.4 Å². The Balaban J connectivity index is 2.81. The summed E-state index contributed by atoms with van der Waals surface area (Å²) in [6.45, 7) is 3.46. The summed E-state index contributed by atoms with van der Waals surface area (Å²) < 4.78 is 5.45. The zero-order valence-corrected chi connectivity index (χ0v) is 10.8.